The Bertz CT molecular complexity index is 254. The minimum Gasteiger partial charge on any atom is -0.398 e. The second-order valence-corrected chi connectivity index (χ2v) is 3.13. The number of nitrogens with two attached hydrogens (primary N) is 1. The van der Waals surface area contributed by atoms with Crippen LogP contribution >= 0.6 is 0 Å². The lowest BCUT2D eigenvalue weighted by Crippen LogP contribution is -2.28. The van der Waals surface area contributed by atoms with Crippen molar-refractivity contribution in [3.63, 3.8) is 0 Å². The average Bonchev–Trinajstić information content (AvgIpc) is 2.15. The van der Waals surface area contributed by atoms with Gasteiger partial charge in [-0.25, -0.2) is 0 Å². The van der Waals surface area contributed by atoms with Crippen molar-refractivity contribution in [3.05, 3.63) is 23.4 Å². The Balaban J connectivity index is 2.59. The second-order valence-electron chi connectivity index (χ2n) is 3.13. The summed E-state index contributed by atoms with van der Waals surface area (Å²) in [7, 11) is 0. The maximum Gasteiger partial charge on any atom is 0.249 e. The summed E-state index contributed by atoms with van der Waals surface area (Å²) < 4.78 is 0. The Morgan fingerprint density at radius 2 is 2.46 bits per heavy atom. The number of carbonyl (C=O) groups is 1. The van der Waals surface area contributed by atoms with Crippen LogP contribution in [0.5, 0.6) is 0 Å². The molecule has 1 rings (SSSR count). The van der Waals surface area contributed by atoms with Gasteiger partial charge in [0.2, 0.25) is 5.91 Å². The van der Waals surface area contributed by atoms with Crippen molar-refractivity contribution in [1.29, 1.82) is 0 Å². The summed E-state index contributed by atoms with van der Waals surface area (Å²) in [5.41, 5.74) is 7.03. The van der Waals surface area contributed by atoms with Crippen molar-refractivity contribution in [2.24, 2.45) is 5.73 Å². The van der Waals surface area contributed by atoms with Gasteiger partial charge in [-0.3, -0.25) is 4.79 Å². The van der Waals surface area contributed by atoms with Crippen LogP contribution in [0.2, 0.25) is 0 Å². The van der Waals surface area contributed by atoms with Gasteiger partial charge < -0.3 is 11.1 Å². The Morgan fingerprint density at radius 3 is 3.08 bits per heavy atom. The lowest BCUT2D eigenvalue weighted by Gasteiger charge is -2.12. The number of nitrogens with one attached hydrogen (secondary N) is 1. The zero-order valence-electron chi connectivity index (χ0n) is 7.97. The molecule has 0 radical (unpaired) electrons. The van der Waals surface area contributed by atoms with Crippen LogP contribution in [0.1, 0.15) is 26.2 Å². The van der Waals surface area contributed by atoms with Crippen molar-refractivity contribution in [1.82, 2.24) is 5.32 Å². The Morgan fingerprint density at radius 1 is 1.69 bits per heavy atom. The lowest BCUT2D eigenvalue weighted by molar-refractivity contribution is -0.117. The summed E-state index contributed by atoms with van der Waals surface area (Å²) in [5, 5.41) is 2.82. The summed E-state index contributed by atoms with van der Waals surface area (Å²) in [4.78, 5) is 11.5. The molecule has 0 atom stereocenters. The minimum atomic E-state index is -0.0105. The Labute approximate surface area is 78.7 Å². The minimum absolute atomic E-state index is 0.0105. The van der Waals surface area contributed by atoms with E-state index in [0.717, 1.165) is 31.4 Å². The van der Waals surface area contributed by atoms with Gasteiger partial charge >= 0.3 is 0 Å². The molecule has 1 aliphatic carbocycles. The molecule has 0 spiro atoms. The molecule has 72 valence electrons. The molecule has 0 heterocycles. The van der Waals surface area contributed by atoms with Crippen molar-refractivity contribution >= 4 is 5.91 Å². The molecular formula is C10H16N2O. The monoisotopic (exact) mass is 180 g/mol. The van der Waals surface area contributed by atoms with Crippen molar-refractivity contribution < 1.29 is 4.79 Å². The molecule has 0 fully saturated rings. The van der Waals surface area contributed by atoms with Gasteiger partial charge in [0.25, 0.3) is 0 Å². The molecule has 1 aliphatic rings. The summed E-state index contributed by atoms with van der Waals surface area (Å²) in [5.74, 6) is -0.0105. The number of amides is 1. The first-order chi connectivity index (χ1) is 6.25. The van der Waals surface area contributed by atoms with Crippen LogP contribution in [0.15, 0.2) is 23.4 Å². The third kappa shape index (κ3) is 2.61. The van der Waals surface area contributed by atoms with Crippen LogP contribution in [0, 0.1) is 0 Å². The topological polar surface area (TPSA) is 55.1 Å². The van der Waals surface area contributed by atoms with Crippen molar-refractivity contribution in [2.75, 3.05) is 6.54 Å². The average molecular weight is 180 g/mol. The molecule has 0 bridgehead atoms. The number of hydrogen-bond acceptors (Lipinski definition) is 2. The summed E-state index contributed by atoms with van der Waals surface area (Å²) >= 11 is 0. The second kappa shape index (κ2) is 4.70. The molecule has 0 saturated heterocycles. The van der Waals surface area contributed by atoms with E-state index >= 15 is 0 Å². The first kappa shape index (κ1) is 9.84. The number of rotatable bonds is 3. The quantitative estimate of drug-likeness (QED) is 0.682. The predicted molar refractivity (Wildman–Crippen MR) is 52.9 cm³/mol. The van der Waals surface area contributed by atoms with Gasteiger partial charge in [0.05, 0.1) is 0 Å². The Kier molecular flexibility index (Phi) is 3.55. The van der Waals surface area contributed by atoms with E-state index in [0.29, 0.717) is 5.70 Å². The summed E-state index contributed by atoms with van der Waals surface area (Å²) in [6, 6.07) is 0. The van der Waals surface area contributed by atoms with Crippen LogP contribution in [0.3, 0.4) is 0 Å². The van der Waals surface area contributed by atoms with Gasteiger partial charge in [0.1, 0.15) is 0 Å². The van der Waals surface area contributed by atoms with Gasteiger partial charge in [0.15, 0.2) is 0 Å². The predicted octanol–water partition coefficient (Wildman–Crippen LogP) is 1.08. The first-order valence-corrected chi connectivity index (χ1v) is 4.69. The van der Waals surface area contributed by atoms with Crippen LogP contribution in [-0.2, 0) is 4.79 Å². The molecule has 0 aliphatic heterocycles. The van der Waals surface area contributed by atoms with E-state index in [9.17, 15) is 4.79 Å². The molecule has 3 N–H and O–H groups in total. The fraction of sp³-hybridized carbons (Fsp3) is 0.500. The molecule has 13 heavy (non-hydrogen) atoms. The maximum atomic E-state index is 11.5. The first-order valence-electron chi connectivity index (χ1n) is 4.69. The van der Waals surface area contributed by atoms with Gasteiger partial charge in [-0.2, -0.15) is 0 Å². The molecule has 0 aromatic rings. The third-order valence-corrected chi connectivity index (χ3v) is 2.02. The molecule has 3 heteroatoms. The molecule has 0 aromatic heterocycles. The van der Waals surface area contributed by atoms with Crippen LogP contribution in [-0.4, -0.2) is 12.5 Å². The van der Waals surface area contributed by atoms with Gasteiger partial charge in [0, 0.05) is 17.8 Å². The van der Waals surface area contributed by atoms with E-state index in [2.05, 4.69) is 5.32 Å². The third-order valence-electron chi connectivity index (χ3n) is 2.02. The SMILES string of the molecule is CCCNC(=O)C1=C(N)C=CCC1. The molecule has 0 saturated carbocycles. The lowest BCUT2D eigenvalue weighted by atomic mass is 10.0. The van der Waals surface area contributed by atoms with E-state index < -0.39 is 0 Å². The number of allylic oxidation sites excluding steroid dienone is 2. The summed E-state index contributed by atoms with van der Waals surface area (Å²) in [6.45, 7) is 2.75. The van der Waals surface area contributed by atoms with E-state index in [-0.39, 0.29) is 5.91 Å². The Hall–Kier alpha value is -1.25. The molecule has 1 amide bonds. The number of carbonyl (C=O) groups excluding carboxylic acids is 1. The van der Waals surface area contributed by atoms with E-state index in [1.165, 1.54) is 0 Å². The van der Waals surface area contributed by atoms with Gasteiger partial charge in [-0.15, -0.1) is 0 Å². The van der Waals surface area contributed by atoms with Crippen molar-refractivity contribution in [2.45, 2.75) is 26.2 Å². The zero-order chi connectivity index (χ0) is 9.68. The molecule has 0 unspecified atom stereocenters. The van der Waals surface area contributed by atoms with Gasteiger partial charge in [-0.05, 0) is 25.3 Å². The van der Waals surface area contributed by atoms with E-state index in [1.54, 1.807) is 0 Å². The summed E-state index contributed by atoms with van der Waals surface area (Å²) in [6.07, 6.45) is 6.43. The van der Waals surface area contributed by atoms with E-state index in [4.69, 9.17) is 5.73 Å². The fourth-order valence-corrected chi connectivity index (χ4v) is 1.27. The van der Waals surface area contributed by atoms with E-state index in [1.807, 2.05) is 19.1 Å². The zero-order valence-corrected chi connectivity index (χ0v) is 7.97. The molecular weight excluding hydrogens is 164 g/mol. The fourth-order valence-electron chi connectivity index (χ4n) is 1.27. The highest BCUT2D eigenvalue weighted by molar-refractivity contribution is 5.94. The standard InChI is InChI=1S/C10H16N2O/c1-2-7-12-10(13)8-5-3-4-6-9(8)11/h4,6H,2-3,5,7,11H2,1H3,(H,12,13). The van der Waals surface area contributed by atoms with Crippen LogP contribution < -0.4 is 11.1 Å². The maximum absolute atomic E-state index is 11.5. The van der Waals surface area contributed by atoms with Crippen LogP contribution in [0.25, 0.3) is 0 Å². The highest BCUT2D eigenvalue weighted by Crippen LogP contribution is 2.15. The largest absolute Gasteiger partial charge is 0.398 e. The smallest absolute Gasteiger partial charge is 0.249 e. The molecule has 3 nitrogen and oxygen atoms in total. The highest BCUT2D eigenvalue weighted by atomic mass is 16.1. The molecule has 0 aromatic carbocycles. The van der Waals surface area contributed by atoms with Crippen molar-refractivity contribution in [3.8, 4) is 0 Å². The van der Waals surface area contributed by atoms with Crippen LogP contribution in [0.4, 0.5) is 0 Å². The van der Waals surface area contributed by atoms with Gasteiger partial charge in [-0.1, -0.05) is 13.0 Å². The number of hydrogen-bond donors (Lipinski definition) is 2. The highest BCUT2D eigenvalue weighted by Gasteiger charge is 2.13. The normalized spacial score (nSPS) is 16.1.